The summed E-state index contributed by atoms with van der Waals surface area (Å²) in [7, 11) is -2.36. The van der Waals surface area contributed by atoms with Crippen LogP contribution in [-0.4, -0.2) is 16.1 Å². The molecule has 0 aliphatic carbocycles. The summed E-state index contributed by atoms with van der Waals surface area (Å²) in [6.45, 7) is 13.1. The van der Waals surface area contributed by atoms with E-state index in [9.17, 15) is 0 Å². The molecular formula is C38H45FIKN4Si2. The predicted molar refractivity (Wildman–Crippen MR) is 214 cm³/mol. The van der Waals surface area contributed by atoms with Gasteiger partial charge >= 0.3 is 51.4 Å². The van der Waals surface area contributed by atoms with E-state index in [0.29, 0.717) is 11.4 Å². The van der Waals surface area contributed by atoms with Crippen LogP contribution in [0.1, 0.15) is 16.7 Å². The van der Waals surface area contributed by atoms with Gasteiger partial charge in [0.05, 0.1) is 0 Å². The second kappa shape index (κ2) is 26.1. The molecule has 4 aromatic carbocycles. The van der Waals surface area contributed by atoms with Gasteiger partial charge in [-0.05, 0) is 95.4 Å². The Bertz CT molecular complexity index is 1610. The van der Waals surface area contributed by atoms with E-state index >= 15 is 0 Å². The Morgan fingerprint density at radius 2 is 0.851 bits per heavy atom. The van der Waals surface area contributed by atoms with E-state index in [1.807, 2.05) is 72.8 Å². The number of hydrogen-bond donors (Lipinski definition) is 4. The molecule has 0 saturated carbocycles. The van der Waals surface area contributed by atoms with E-state index < -0.39 is 16.1 Å². The molecule has 0 unspecified atom stereocenters. The maximum Gasteiger partial charge on any atom is 1.00 e. The molecule has 4 rings (SSSR count). The van der Waals surface area contributed by atoms with Crippen LogP contribution in [0.5, 0.6) is 0 Å². The van der Waals surface area contributed by atoms with Gasteiger partial charge in [-0.15, -0.1) is 30.4 Å². The number of hydrogen-bond acceptors (Lipinski definition) is 4. The number of anilines is 4. The molecule has 0 spiro atoms. The van der Waals surface area contributed by atoms with Crippen molar-refractivity contribution >= 4 is 61.5 Å². The van der Waals surface area contributed by atoms with Crippen molar-refractivity contribution in [2.24, 2.45) is 0 Å². The molecule has 0 atom stereocenters. The first-order chi connectivity index (χ1) is 21.0. The van der Waals surface area contributed by atoms with E-state index in [2.05, 4.69) is 90.7 Å². The van der Waals surface area contributed by atoms with Gasteiger partial charge in [0.25, 0.3) is 0 Å². The topological polar surface area (TPSA) is 104 Å². The molecule has 0 fully saturated rings. The van der Waals surface area contributed by atoms with E-state index in [1.165, 1.54) is 3.57 Å². The third kappa shape index (κ3) is 29.0. The molecule has 4 nitrogen and oxygen atoms in total. The van der Waals surface area contributed by atoms with Crippen molar-refractivity contribution in [1.82, 2.24) is 0 Å². The molecule has 0 bridgehead atoms. The maximum absolute atomic E-state index is 5.64. The minimum atomic E-state index is -1.26. The van der Waals surface area contributed by atoms with Crippen molar-refractivity contribution in [3.05, 3.63) is 117 Å². The molecule has 0 aliphatic heterocycles. The fourth-order valence-corrected chi connectivity index (χ4v) is 3.73. The maximum atomic E-state index is 5.64. The summed E-state index contributed by atoms with van der Waals surface area (Å²) in [6.07, 6.45) is 15.3. The second-order valence-corrected chi connectivity index (χ2v) is 22.4. The van der Waals surface area contributed by atoms with Gasteiger partial charge in [-0.2, -0.15) is 0 Å². The van der Waals surface area contributed by atoms with Crippen LogP contribution in [0.2, 0.25) is 39.3 Å². The van der Waals surface area contributed by atoms with Gasteiger partial charge in [-0.25, -0.2) is 0 Å². The minimum Gasteiger partial charge on any atom is -1.00 e. The van der Waals surface area contributed by atoms with Gasteiger partial charge in [-0.3, -0.25) is 0 Å². The molecule has 240 valence electrons. The van der Waals surface area contributed by atoms with Gasteiger partial charge in [0.2, 0.25) is 0 Å². The first-order valence-electron chi connectivity index (χ1n) is 14.0. The normalized spacial score (nSPS) is 8.94. The average Bonchev–Trinajstić information content (AvgIpc) is 2.97. The van der Waals surface area contributed by atoms with Crippen LogP contribution in [0, 0.1) is 51.7 Å². The van der Waals surface area contributed by atoms with Gasteiger partial charge in [0, 0.05) is 43.0 Å². The van der Waals surface area contributed by atoms with Crippen molar-refractivity contribution in [2.75, 3.05) is 22.9 Å². The Labute approximate surface area is 341 Å². The summed E-state index contributed by atoms with van der Waals surface area (Å²) in [4.78, 5) is 0. The molecule has 0 aromatic heterocycles. The van der Waals surface area contributed by atoms with Gasteiger partial charge < -0.3 is 27.6 Å². The van der Waals surface area contributed by atoms with E-state index in [0.717, 1.165) is 28.1 Å². The van der Waals surface area contributed by atoms with E-state index in [1.54, 1.807) is 24.3 Å². The fourth-order valence-electron chi connectivity index (χ4n) is 2.64. The van der Waals surface area contributed by atoms with Gasteiger partial charge in [-0.1, -0.05) is 81.3 Å². The van der Waals surface area contributed by atoms with Crippen LogP contribution in [-0.2, 0) is 0 Å². The minimum absolute atomic E-state index is 0. The second-order valence-electron chi connectivity index (χ2n) is 11.6. The molecule has 0 heterocycles. The smallest absolute Gasteiger partial charge is 1.00 e. The van der Waals surface area contributed by atoms with Crippen molar-refractivity contribution in [1.29, 1.82) is 0 Å². The first-order valence-corrected chi connectivity index (χ1v) is 22.1. The molecule has 0 amide bonds. The molecule has 8 N–H and O–H groups in total. The molecular weight excluding hydrogens is 754 g/mol. The molecule has 4 aromatic rings. The summed E-state index contributed by atoms with van der Waals surface area (Å²) in [5.41, 5.74) is 33.7. The Morgan fingerprint density at radius 3 is 1.09 bits per heavy atom. The van der Waals surface area contributed by atoms with Crippen molar-refractivity contribution in [2.45, 2.75) is 39.3 Å². The standard InChI is InChI=1S/C11H15NSi.2C8H7N.C6H6IN.C5H10Si.FH.K/c1-13(2,3)8-7-10-5-4-6-11(12)9-10;2*1-2-7-4-3-5-8(9)6-7;7-5-2-1-3-6(8)4-5;1-5-6(2,3)4;;/h4-6,9H,12H2,1-3H3;2*1,3-6H,9H2;1-4H,8H2;1H,2-4H3;1H;/q;;;;;;+1/p-1. The first kappa shape index (κ1) is 48.4. The number of benzene rings is 4. The fraction of sp³-hybridized carbons (Fsp3) is 0.158. The number of terminal acetylenes is 3. The van der Waals surface area contributed by atoms with E-state index in [4.69, 9.17) is 42.2 Å². The number of nitrogen functional groups attached to an aromatic ring is 4. The quantitative estimate of drug-likeness (QED) is 0.0951. The monoisotopic (exact) mass is 798 g/mol. The predicted octanol–water partition coefficient (Wildman–Crippen LogP) is 2.38. The third-order valence-corrected chi connectivity index (χ3v) is 7.27. The Balaban J connectivity index is -0.000000521. The van der Waals surface area contributed by atoms with Crippen LogP contribution in [0.25, 0.3) is 0 Å². The number of rotatable bonds is 0. The van der Waals surface area contributed by atoms with Crippen LogP contribution in [0.4, 0.5) is 22.7 Å². The van der Waals surface area contributed by atoms with Crippen molar-refractivity contribution < 1.29 is 56.1 Å². The summed E-state index contributed by atoms with van der Waals surface area (Å²) < 4.78 is 1.18. The molecule has 9 heteroatoms. The number of nitrogens with two attached hydrogens (primary N) is 4. The van der Waals surface area contributed by atoms with Crippen LogP contribution in [0.3, 0.4) is 0 Å². The zero-order chi connectivity index (χ0) is 34.5. The van der Waals surface area contributed by atoms with Crippen molar-refractivity contribution in [3.63, 3.8) is 0 Å². The SMILES string of the molecule is C#C[Si](C)(C)C.C#Cc1cccc(N)c1.C#Cc1cccc(N)c1.C[Si](C)(C)C#Cc1cccc(N)c1.Nc1cccc(I)c1.[F-].[K+]. The Morgan fingerprint density at radius 1 is 0.532 bits per heavy atom. The summed E-state index contributed by atoms with van der Waals surface area (Å²) in [5, 5.41) is 0. The Hall–Kier alpha value is -2.95. The van der Waals surface area contributed by atoms with E-state index in [-0.39, 0.29) is 56.1 Å². The molecule has 0 saturated heterocycles. The average molecular weight is 799 g/mol. The van der Waals surface area contributed by atoms with Gasteiger partial charge in [0.15, 0.2) is 0 Å². The van der Waals surface area contributed by atoms with Crippen molar-refractivity contribution in [3.8, 4) is 48.1 Å². The summed E-state index contributed by atoms with van der Waals surface area (Å²) in [5.74, 6) is 8.13. The zero-order valence-corrected chi connectivity index (χ0v) is 35.8. The summed E-state index contributed by atoms with van der Waals surface area (Å²) >= 11 is 2.23. The Kier molecular flexibility index (Phi) is 26.9. The van der Waals surface area contributed by atoms with Gasteiger partial charge in [0.1, 0.15) is 16.1 Å². The zero-order valence-electron chi connectivity index (χ0n) is 28.5. The van der Waals surface area contributed by atoms with Crippen LogP contribution in [0.15, 0.2) is 97.1 Å². The molecule has 0 radical (unpaired) electrons. The van der Waals surface area contributed by atoms with Crippen LogP contribution >= 0.6 is 22.6 Å². The van der Waals surface area contributed by atoms with Crippen LogP contribution < -0.4 is 79.0 Å². The molecule has 0 aliphatic rings. The number of halogens is 2. The summed E-state index contributed by atoms with van der Waals surface area (Å²) in [6, 6.07) is 30.0. The largest absolute Gasteiger partial charge is 1.00 e. The molecule has 47 heavy (non-hydrogen) atoms. The third-order valence-electron chi connectivity index (χ3n) is 4.86.